The highest BCUT2D eigenvalue weighted by atomic mass is 16.4. The molecule has 0 spiro atoms. The SMILES string of the molecule is C#CCC(NC(=O)c1c(C)c(C)nn(C)c1=O)C(=O)O. The normalized spacial score (nSPS) is 11.5. The maximum atomic E-state index is 12.1. The van der Waals surface area contributed by atoms with E-state index in [1.807, 2.05) is 0 Å². The summed E-state index contributed by atoms with van der Waals surface area (Å²) in [6.45, 7) is 3.23. The lowest BCUT2D eigenvalue weighted by atomic mass is 10.1. The highest BCUT2D eigenvalue weighted by Gasteiger charge is 2.23. The molecule has 2 N–H and O–H groups in total. The van der Waals surface area contributed by atoms with Crippen LogP contribution in [0.5, 0.6) is 0 Å². The number of hydrogen-bond donors (Lipinski definition) is 2. The molecule has 7 nitrogen and oxygen atoms in total. The summed E-state index contributed by atoms with van der Waals surface area (Å²) in [5, 5.41) is 15.1. The number of nitrogens with zero attached hydrogens (tertiary/aromatic N) is 2. The fraction of sp³-hybridized carbons (Fsp3) is 0.385. The summed E-state index contributed by atoms with van der Waals surface area (Å²) in [4.78, 5) is 35.0. The van der Waals surface area contributed by atoms with Gasteiger partial charge in [-0.15, -0.1) is 12.3 Å². The number of aliphatic carboxylic acids is 1. The van der Waals surface area contributed by atoms with Gasteiger partial charge in [0.25, 0.3) is 11.5 Å². The largest absolute Gasteiger partial charge is 0.480 e. The third-order valence-corrected chi connectivity index (χ3v) is 2.88. The molecule has 0 bridgehead atoms. The number of terminal acetylenes is 1. The quantitative estimate of drug-likeness (QED) is 0.729. The van der Waals surface area contributed by atoms with Crippen LogP contribution in [0, 0.1) is 26.2 Å². The average molecular weight is 277 g/mol. The van der Waals surface area contributed by atoms with E-state index in [0.717, 1.165) is 4.68 Å². The van der Waals surface area contributed by atoms with Gasteiger partial charge >= 0.3 is 5.97 Å². The number of carboxylic acids is 1. The lowest BCUT2D eigenvalue weighted by Gasteiger charge is -2.14. The third-order valence-electron chi connectivity index (χ3n) is 2.88. The van der Waals surface area contributed by atoms with E-state index >= 15 is 0 Å². The molecule has 1 amide bonds. The summed E-state index contributed by atoms with van der Waals surface area (Å²) < 4.78 is 1.04. The lowest BCUT2D eigenvalue weighted by molar-refractivity contribution is -0.139. The van der Waals surface area contributed by atoms with Gasteiger partial charge in [-0.1, -0.05) is 0 Å². The second-order valence-electron chi connectivity index (χ2n) is 4.29. The number of aromatic nitrogens is 2. The molecule has 0 saturated heterocycles. The van der Waals surface area contributed by atoms with Gasteiger partial charge in [-0.2, -0.15) is 5.10 Å². The van der Waals surface area contributed by atoms with E-state index in [1.54, 1.807) is 13.8 Å². The molecular formula is C13H15N3O4. The minimum atomic E-state index is -1.25. The fourth-order valence-electron chi connectivity index (χ4n) is 1.66. The number of carbonyl (C=O) groups is 2. The Kier molecular flexibility index (Phi) is 4.64. The van der Waals surface area contributed by atoms with Crippen LogP contribution in [0.15, 0.2) is 4.79 Å². The van der Waals surface area contributed by atoms with Crippen LogP contribution >= 0.6 is 0 Å². The second-order valence-corrected chi connectivity index (χ2v) is 4.29. The lowest BCUT2D eigenvalue weighted by Crippen LogP contribution is -2.43. The third kappa shape index (κ3) is 3.03. The summed E-state index contributed by atoms with van der Waals surface area (Å²) in [6.07, 6.45) is 4.89. The topological polar surface area (TPSA) is 101 Å². The summed E-state index contributed by atoms with van der Waals surface area (Å²) >= 11 is 0. The molecule has 20 heavy (non-hydrogen) atoms. The van der Waals surface area contributed by atoms with Gasteiger partial charge in [-0.25, -0.2) is 9.48 Å². The van der Waals surface area contributed by atoms with Crippen LogP contribution in [-0.4, -0.2) is 32.8 Å². The Morgan fingerprint density at radius 2 is 2.10 bits per heavy atom. The molecule has 1 aromatic heterocycles. The number of carbonyl (C=O) groups excluding carboxylic acids is 1. The minimum absolute atomic E-state index is 0.122. The van der Waals surface area contributed by atoms with Crippen molar-refractivity contribution in [1.82, 2.24) is 15.1 Å². The molecule has 0 aliphatic rings. The van der Waals surface area contributed by atoms with Crippen LogP contribution in [0.1, 0.15) is 28.0 Å². The fourth-order valence-corrected chi connectivity index (χ4v) is 1.66. The van der Waals surface area contributed by atoms with Gasteiger partial charge in [0, 0.05) is 13.5 Å². The van der Waals surface area contributed by atoms with E-state index in [9.17, 15) is 14.4 Å². The highest BCUT2D eigenvalue weighted by Crippen LogP contribution is 2.06. The van der Waals surface area contributed by atoms with Crippen molar-refractivity contribution < 1.29 is 14.7 Å². The summed E-state index contributed by atoms with van der Waals surface area (Å²) in [5.74, 6) is 0.146. The summed E-state index contributed by atoms with van der Waals surface area (Å²) in [7, 11) is 1.42. The molecule has 7 heteroatoms. The Morgan fingerprint density at radius 3 is 2.60 bits per heavy atom. The van der Waals surface area contributed by atoms with Crippen molar-refractivity contribution in [1.29, 1.82) is 0 Å². The Bertz CT molecular complexity index is 655. The number of hydrogen-bond acceptors (Lipinski definition) is 4. The first-order chi connectivity index (χ1) is 9.29. The number of amides is 1. The molecule has 0 aromatic carbocycles. The molecule has 1 heterocycles. The molecule has 1 atom stereocenters. The zero-order chi connectivity index (χ0) is 15.4. The van der Waals surface area contributed by atoms with E-state index in [0.29, 0.717) is 11.3 Å². The molecule has 0 aliphatic heterocycles. The first-order valence-electron chi connectivity index (χ1n) is 5.81. The molecule has 0 radical (unpaired) electrons. The standard InChI is InChI=1S/C13H15N3O4/c1-5-6-9(13(19)20)14-11(17)10-7(2)8(3)15-16(4)12(10)18/h1,9H,6H2,2-4H3,(H,14,17)(H,19,20). The van der Waals surface area contributed by atoms with Crippen LogP contribution in [-0.2, 0) is 11.8 Å². The van der Waals surface area contributed by atoms with Crippen molar-refractivity contribution in [3.8, 4) is 12.3 Å². The highest BCUT2D eigenvalue weighted by molar-refractivity contribution is 5.97. The second kappa shape index (κ2) is 6.02. The van der Waals surface area contributed by atoms with Gasteiger partial charge < -0.3 is 10.4 Å². The van der Waals surface area contributed by atoms with Crippen LogP contribution in [0.3, 0.4) is 0 Å². The molecule has 1 unspecified atom stereocenters. The smallest absolute Gasteiger partial charge is 0.327 e. The van der Waals surface area contributed by atoms with E-state index in [-0.39, 0.29) is 12.0 Å². The Hall–Kier alpha value is -2.62. The zero-order valence-electron chi connectivity index (χ0n) is 11.4. The van der Waals surface area contributed by atoms with Gasteiger partial charge in [0.15, 0.2) is 0 Å². The molecular weight excluding hydrogens is 262 g/mol. The molecule has 106 valence electrons. The first kappa shape index (κ1) is 15.4. The first-order valence-corrected chi connectivity index (χ1v) is 5.81. The van der Waals surface area contributed by atoms with Gasteiger partial charge in [0.05, 0.1) is 5.69 Å². The molecule has 0 saturated carbocycles. The Labute approximate surface area is 115 Å². The maximum absolute atomic E-state index is 12.1. The van der Waals surface area contributed by atoms with Gasteiger partial charge in [-0.05, 0) is 19.4 Å². The van der Waals surface area contributed by atoms with E-state index in [4.69, 9.17) is 11.5 Å². The number of carboxylic acid groups (broad SMARTS) is 1. The van der Waals surface area contributed by atoms with Crippen molar-refractivity contribution in [2.24, 2.45) is 7.05 Å². The van der Waals surface area contributed by atoms with Gasteiger partial charge in [0.2, 0.25) is 0 Å². The molecule has 1 rings (SSSR count). The van der Waals surface area contributed by atoms with Crippen molar-refractivity contribution in [2.45, 2.75) is 26.3 Å². The summed E-state index contributed by atoms with van der Waals surface area (Å²) in [6, 6.07) is -1.23. The van der Waals surface area contributed by atoms with Crippen molar-refractivity contribution >= 4 is 11.9 Å². The predicted octanol–water partition coefficient (Wildman–Crippen LogP) is -0.397. The minimum Gasteiger partial charge on any atom is -0.480 e. The number of rotatable bonds is 4. The Balaban J connectivity index is 3.20. The van der Waals surface area contributed by atoms with Gasteiger partial charge in [0.1, 0.15) is 11.6 Å². The van der Waals surface area contributed by atoms with E-state index < -0.39 is 23.5 Å². The van der Waals surface area contributed by atoms with Crippen LogP contribution in [0.2, 0.25) is 0 Å². The van der Waals surface area contributed by atoms with Crippen LogP contribution in [0.4, 0.5) is 0 Å². The van der Waals surface area contributed by atoms with Crippen molar-refractivity contribution in [2.75, 3.05) is 0 Å². The van der Waals surface area contributed by atoms with Crippen LogP contribution < -0.4 is 10.9 Å². The monoisotopic (exact) mass is 277 g/mol. The Morgan fingerprint density at radius 1 is 1.50 bits per heavy atom. The average Bonchev–Trinajstić information content (AvgIpc) is 2.36. The molecule has 0 aliphatic carbocycles. The maximum Gasteiger partial charge on any atom is 0.327 e. The number of aryl methyl sites for hydroxylation is 2. The van der Waals surface area contributed by atoms with E-state index in [1.165, 1.54) is 7.05 Å². The van der Waals surface area contributed by atoms with Gasteiger partial charge in [-0.3, -0.25) is 9.59 Å². The van der Waals surface area contributed by atoms with Crippen molar-refractivity contribution in [3.63, 3.8) is 0 Å². The number of nitrogens with one attached hydrogen (secondary N) is 1. The summed E-state index contributed by atoms with van der Waals surface area (Å²) in [5.41, 5.74) is 0.218. The van der Waals surface area contributed by atoms with Crippen LogP contribution in [0.25, 0.3) is 0 Å². The van der Waals surface area contributed by atoms with E-state index in [2.05, 4.69) is 16.3 Å². The molecule has 0 fully saturated rings. The zero-order valence-corrected chi connectivity index (χ0v) is 11.4. The molecule has 1 aromatic rings. The van der Waals surface area contributed by atoms with Crippen molar-refractivity contribution in [3.05, 3.63) is 27.2 Å². The predicted molar refractivity (Wildman–Crippen MR) is 71.3 cm³/mol.